The maximum atomic E-state index is 5.80. The van der Waals surface area contributed by atoms with Crippen molar-refractivity contribution in [1.29, 1.82) is 0 Å². The number of hydrogen-bond acceptors (Lipinski definition) is 6. The number of nitrogens with zero attached hydrogens (tertiary/aromatic N) is 2. The van der Waals surface area contributed by atoms with Gasteiger partial charge in [0.2, 0.25) is 5.95 Å². The number of benzene rings is 1. The average molecular weight is 386 g/mol. The molecule has 0 saturated carbocycles. The van der Waals surface area contributed by atoms with Gasteiger partial charge >= 0.3 is 0 Å². The van der Waals surface area contributed by atoms with Crippen LogP contribution in [-0.2, 0) is 6.42 Å². The molecule has 0 saturated heterocycles. The summed E-state index contributed by atoms with van der Waals surface area (Å²) in [7, 11) is 1.64. The first kappa shape index (κ1) is 14.6. The highest BCUT2D eigenvalue weighted by Crippen LogP contribution is 2.34. The van der Waals surface area contributed by atoms with Gasteiger partial charge in [-0.25, -0.2) is 4.98 Å². The van der Waals surface area contributed by atoms with Crippen molar-refractivity contribution in [2.24, 2.45) is 0 Å². The van der Waals surface area contributed by atoms with E-state index in [4.69, 9.17) is 20.9 Å². The number of nitrogen functional groups attached to an aromatic ring is 2. The average Bonchev–Trinajstić information content (AvgIpc) is 2.42. The largest absolute Gasteiger partial charge is 0.496 e. The predicted octanol–water partition coefficient (Wildman–Crippen LogP) is 2.61. The van der Waals surface area contributed by atoms with Crippen molar-refractivity contribution < 1.29 is 9.47 Å². The third-order valence-electron chi connectivity index (χ3n) is 2.74. The molecule has 7 heteroatoms. The number of methoxy groups -OCH3 is 1. The van der Waals surface area contributed by atoms with E-state index in [2.05, 4.69) is 32.6 Å². The molecule has 0 spiro atoms. The first-order valence-electron chi connectivity index (χ1n) is 5.97. The normalized spacial score (nSPS) is 10.3. The number of aryl methyl sites for hydroxylation is 1. The lowest BCUT2D eigenvalue weighted by molar-refractivity contribution is 0.408. The number of rotatable bonds is 4. The number of hydrogen-bond donors (Lipinski definition) is 2. The van der Waals surface area contributed by atoms with Crippen LogP contribution < -0.4 is 20.9 Å². The molecule has 1 aromatic carbocycles. The maximum absolute atomic E-state index is 5.80. The molecule has 0 radical (unpaired) electrons. The summed E-state index contributed by atoms with van der Waals surface area (Å²) < 4.78 is 12.1. The van der Waals surface area contributed by atoms with E-state index in [-0.39, 0.29) is 11.8 Å². The molecule has 1 aromatic heterocycles. The first-order valence-corrected chi connectivity index (χ1v) is 7.05. The summed E-state index contributed by atoms with van der Waals surface area (Å²) in [6.07, 6.45) is 2.27. The molecule has 0 aliphatic carbocycles. The molecule has 0 unspecified atom stereocenters. The van der Waals surface area contributed by atoms with Crippen molar-refractivity contribution in [3.05, 3.63) is 27.5 Å². The predicted molar refractivity (Wildman–Crippen MR) is 86.0 cm³/mol. The van der Waals surface area contributed by atoms with E-state index >= 15 is 0 Å². The van der Waals surface area contributed by atoms with Gasteiger partial charge in [0.1, 0.15) is 11.5 Å². The molecule has 4 N–H and O–H groups in total. The molecule has 6 nitrogen and oxygen atoms in total. The van der Waals surface area contributed by atoms with Crippen LogP contribution in [0.1, 0.15) is 12.5 Å². The Kier molecular flexibility index (Phi) is 4.48. The second kappa shape index (κ2) is 6.12. The molecule has 20 heavy (non-hydrogen) atoms. The lowest BCUT2D eigenvalue weighted by atomic mass is 10.1. The Bertz CT molecular complexity index is 634. The summed E-state index contributed by atoms with van der Waals surface area (Å²) in [4.78, 5) is 7.76. The standard InChI is InChI=1S/C13H15IN4O2/c1-3-7-4-10(19-2)8(14)5-9(7)20-11-6-17-13(16)18-12(11)15/h4-6H,3H2,1-2H3,(H4,15,16,17,18). The molecule has 0 bridgehead atoms. The van der Waals surface area contributed by atoms with Crippen LogP contribution in [-0.4, -0.2) is 17.1 Å². The summed E-state index contributed by atoms with van der Waals surface area (Å²) in [5, 5.41) is 0. The minimum atomic E-state index is 0.120. The number of anilines is 2. The van der Waals surface area contributed by atoms with E-state index in [0.29, 0.717) is 11.5 Å². The lowest BCUT2D eigenvalue weighted by Crippen LogP contribution is -2.02. The summed E-state index contributed by atoms with van der Waals surface area (Å²) in [5.41, 5.74) is 12.2. The number of ether oxygens (including phenoxy) is 2. The maximum Gasteiger partial charge on any atom is 0.222 e. The van der Waals surface area contributed by atoms with Crippen molar-refractivity contribution in [1.82, 2.24) is 9.97 Å². The highest BCUT2D eigenvalue weighted by atomic mass is 127. The molecule has 106 valence electrons. The molecule has 0 amide bonds. The SMILES string of the molecule is CCc1cc(OC)c(I)cc1Oc1cnc(N)nc1N. The van der Waals surface area contributed by atoms with Gasteiger partial charge in [-0.15, -0.1) is 0 Å². The highest BCUT2D eigenvalue weighted by Gasteiger charge is 2.12. The molecule has 2 aromatic rings. The smallest absolute Gasteiger partial charge is 0.222 e. The number of halogens is 1. The number of nitrogens with two attached hydrogens (primary N) is 2. The Morgan fingerprint density at radius 2 is 1.95 bits per heavy atom. The monoisotopic (exact) mass is 386 g/mol. The second-order valence-electron chi connectivity index (χ2n) is 4.03. The fourth-order valence-corrected chi connectivity index (χ4v) is 2.36. The molecular formula is C13H15IN4O2. The number of aromatic nitrogens is 2. The van der Waals surface area contributed by atoms with Crippen LogP contribution in [0.3, 0.4) is 0 Å². The van der Waals surface area contributed by atoms with Gasteiger partial charge < -0.3 is 20.9 Å². The van der Waals surface area contributed by atoms with Crippen LogP contribution in [0.4, 0.5) is 11.8 Å². The quantitative estimate of drug-likeness (QED) is 0.785. The minimum Gasteiger partial charge on any atom is -0.496 e. The third-order valence-corrected chi connectivity index (χ3v) is 3.58. The zero-order valence-corrected chi connectivity index (χ0v) is 13.3. The Morgan fingerprint density at radius 3 is 2.55 bits per heavy atom. The Labute approximate surface area is 130 Å². The van der Waals surface area contributed by atoms with Gasteiger partial charge in [-0.1, -0.05) is 6.92 Å². The van der Waals surface area contributed by atoms with Gasteiger partial charge in [0, 0.05) is 0 Å². The van der Waals surface area contributed by atoms with Crippen LogP contribution in [0.5, 0.6) is 17.2 Å². The molecule has 0 fully saturated rings. The molecule has 0 atom stereocenters. The first-order chi connectivity index (χ1) is 9.55. The van der Waals surface area contributed by atoms with Gasteiger partial charge in [0.05, 0.1) is 16.9 Å². The Balaban J connectivity index is 2.40. The summed E-state index contributed by atoms with van der Waals surface area (Å²) >= 11 is 2.19. The van der Waals surface area contributed by atoms with Crippen LogP contribution in [0, 0.1) is 3.57 Å². The molecule has 0 aliphatic rings. The molecule has 1 heterocycles. The van der Waals surface area contributed by atoms with Crippen LogP contribution >= 0.6 is 22.6 Å². The van der Waals surface area contributed by atoms with Gasteiger partial charge in [0.25, 0.3) is 0 Å². The van der Waals surface area contributed by atoms with Gasteiger partial charge in [-0.2, -0.15) is 4.98 Å². The van der Waals surface area contributed by atoms with Gasteiger partial charge in [-0.3, -0.25) is 0 Å². The van der Waals surface area contributed by atoms with Crippen molar-refractivity contribution in [3.63, 3.8) is 0 Å². The van der Waals surface area contributed by atoms with Gasteiger partial charge in [-0.05, 0) is 46.7 Å². The molecule has 2 rings (SSSR count). The summed E-state index contributed by atoms with van der Waals surface area (Å²) in [6.45, 7) is 2.04. The fraction of sp³-hybridized carbons (Fsp3) is 0.231. The fourth-order valence-electron chi connectivity index (χ4n) is 1.70. The second-order valence-corrected chi connectivity index (χ2v) is 5.19. The van der Waals surface area contributed by atoms with E-state index in [9.17, 15) is 0 Å². The topological polar surface area (TPSA) is 96.3 Å². The van der Waals surface area contributed by atoms with Crippen molar-refractivity contribution in [2.45, 2.75) is 13.3 Å². The van der Waals surface area contributed by atoms with E-state index in [1.165, 1.54) is 6.20 Å². The van der Waals surface area contributed by atoms with Gasteiger partial charge in [0.15, 0.2) is 11.6 Å². The van der Waals surface area contributed by atoms with Crippen molar-refractivity contribution >= 4 is 34.4 Å². The zero-order valence-electron chi connectivity index (χ0n) is 11.2. The Morgan fingerprint density at radius 1 is 1.20 bits per heavy atom. The zero-order chi connectivity index (χ0) is 14.7. The van der Waals surface area contributed by atoms with E-state index in [1.807, 2.05) is 19.1 Å². The molecule has 0 aliphatic heterocycles. The van der Waals surface area contributed by atoms with Crippen LogP contribution in [0.25, 0.3) is 0 Å². The summed E-state index contributed by atoms with van der Waals surface area (Å²) in [5.74, 6) is 2.24. The van der Waals surface area contributed by atoms with Crippen LogP contribution in [0.15, 0.2) is 18.3 Å². The van der Waals surface area contributed by atoms with Crippen molar-refractivity contribution in [2.75, 3.05) is 18.6 Å². The van der Waals surface area contributed by atoms with E-state index < -0.39 is 0 Å². The van der Waals surface area contributed by atoms with Crippen molar-refractivity contribution in [3.8, 4) is 17.2 Å². The lowest BCUT2D eigenvalue weighted by Gasteiger charge is -2.13. The van der Waals surface area contributed by atoms with Crippen LogP contribution in [0.2, 0.25) is 0 Å². The minimum absolute atomic E-state index is 0.120. The Hall–Kier alpha value is -1.77. The highest BCUT2D eigenvalue weighted by molar-refractivity contribution is 14.1. The summed E-state index contributed by atoms with van der Waals surface area (Å²) in [6, 6.07) is 3.85. The third kappa shape index (κ3) is 3.03. The van der Waals surface area contributed by atoms with E-state index in [0.717, 1.165) is 21.3 Å². The molecular weight excluding hydrogens is 371 g/mol. The van der Waals surface area contributed by atoms with E-state index in [1.54, 1.807) is 7.11 Å².